The Bertz CT molecular complexity index is 393. The van der Waals surface area contributed by atoms with Gasteiger partial charge >= 0.3 is 0 Å². The highest BCUT2D eigenvalue weighted by molar-refractivity contribution is 7.80. The van der Waals surface area contributed by atoms with Crippen LogP contribution in [0.15, 0.2) is 18.3 Å². The molecule has 0 aliphatic rings. The van der Waals surface area contributed by atoms with Crippen LogP contribution in [0.1, 0.15) is 12.5 Å². The van der Waals surface area contributed by atoms with Crippen molar-refractivity contribution in [1.82, 2.24) is 4.98 Å². The Hall–Kier alpha value is -1.60. The Morgan fingerprint density at radius 3 is 3.14 bits per heavy atom. The van der Waals surface area contributed by atoms with Crippen LogP contribution >= 0.6 is 12.2 Å². The lowest BCUT2D eigenvalue weighted by Gasteiger charge is -2.02. The molecule has 1 rings (SSSR count). The number of ether oxygens (including phenoxy) is 1. The second kappa shape index (κ2) is 5.20. The molecule has 0 spiro atoms. The van der Waals surface area contributed by atoms with Crippen molar-refractivity contribution < 1.29 is 4.74 Å². The van der Waals surface area contributed by atoms with Gasteiger partial charge in [-0.05, 0) is 13.0 Å². The quantitative estimate of drug-likeness (QED) is 0.594. The van der Waals surface area contributed by atoms with Crippen LogP contribution in [0, 0.1) is 11.8 Å². The van der Waals surface area contributed by atoms with Gasteiger partial charge in [-0.25, -0.2) is 4.98 Å². The van der Waals surface area contributed by atoms with Crippen LogP contribution in [0.3, 0.4) is 0 Å². The number of thiocarbonyl (C=S) groups is 1. The van der Waals surface area contributed by atoms with E-state index in [0.29, 0.717) is 17.5 Å². The summed E-state index contributed by atoms with van der Waals surface area (Å²) < 4.78 is 5.24. The summed E-state index contributed by atoms with van der Waals surface area (Å²) in [6, 6.07) is 3.43. The summed E-state index contributed by atoms with van der Waals surface area (Å²) in [5.41, 5.74) is 6.20. The lowest BCUT2D eigenvalue weighted by molar-refractivity contribution is 0.355. The van der Waals surface area contributed by atoms with E-state index in [1.54, 1.807) is 25.3 Å². The Kier molecular flexibility index (Phi) is 3.89. The highest BCUT2D eigenvalue weighted by atomic mass is 32.1. The molecular formula is C10H10N2OS. The van der Waals surface area contributed by atoms with Gasteiger partial charge < -0.3 is 10.5 Å². The molecule has 14 heavy (non-hydrogen) atoms. The van der Waals surface area contributed by atoms with Gasteiger partial charge in [0.05, 0.1) is 0 Å². The van der Waals surface area contributed by atoms with Gasteiger partial charge in [0.25, 0.3) is 0 Å². The average molecular weight is 206 g/mol. The van der Waals surface area contributed by atoms with E-state index in [0.717, 1.165) is 5.56 Å². The van der Waals surface area contributed by atoms with Crippen molar-refractivity contribution in [1.29, 1.82) is 0 Å². The maximum atomic E-state index is 5.46. The van der Waals surface area contributed by atoms with Crippen LogP contribution in [0.5, 0.6) is 5.88 Å². The summed E-state index contributed by atoms with van der Waals surface area (Å²) in [5, 5.41) is 0. The van der Waals surface area contributed by atoms with Gasteiger partial charge in [0.2, 0.25) is 5.88 Å². The van der Waals surface area contributed by atoms with E-state index in [9.17, 15) is 0 Å². The van der Waals surface area contributed by atoms with E-state index >= 15 is 0 Å². The normalized spacial score (nSPS) is 8.64. The summed E-state index contributed by atoms with van der Waals surface area (Å²) in [5.74, 6) is 5.98. The fraction of sp³-hybridized carbons (Fsp3) is 0.200. The van der Waals surface area contributed by atoms with E-state index < -0.39 is 0 Å². The highest BCUT2D eigenvalue weighted by Gasteiger charge is 1.99. The predicted octanol–water partition coefficient (Wildman–Crippen LogP) is 1.12. The molecule has 2 N–H and O–H groups in total. The number of hydrogen-bond acceptors (Lipinski definition) is 3. The van der Waals surface area contributed by atoms with Crippen molar-refractivity contribution in [3.05, 3.63) is 23.9 Å². The molecule has 0 aliphatic carbocycles. The van der Waals surface area contributed by atoms with Gasteiger partial charge in [0.15, 0.2) is 6.61 Å². The predicted molar refractivity (Wildman–Crippen MR) is 59.1 cm³/mol. The second-order valence-corrected chi connectivity index (χ2v) is 2.90. The Balaban J connectivity index is 2.71. The third kappa shape index (κ3) is 3.04. The molecule has 0 saturated carbocycles. The minimum absolute atomic E-state index is 0.324. The fourth-order valence-electron chi connectivity index (χ4n) is 0.824. The third-order valence-electron chi connectivity index (χ3n) is 1.49. The molecule has 1 aromatic rings. The lowest BCUT2D eigenvalue weighted by atomic mass is 10.3. The molecule has 0 atom stereocenters. The van der Waals surface area contributed by atoms with Gasteiger partial charge in [-0.15, -0.1) is 5.92 Å². The average Bonchev–Trinajstić information content (AvgIpc) is 2.19. The molecule has 0 aromatic carbocycles. The first-order valence-corrected chi connectivity index (χ1v) is 4.43. The van der Waals surface area contributed by atoms with Crippen LogP contribution in [0.2, 0.25) is 0 Å². The van der Waals surface area contributed by atoms with Crippen LogP contribution in [0.4, 0.5) is 0 Å². The number of pyridine rings is 1. The summed E-state index contributed by atoms with van der Waals surface area (Å²) in [7, 11) is 0. The third-order valence-corrected chi connectivity index (χ3v) is 1.72. The molecule has 1 aromatic heterocycles. The number of aromatic nitrogens is 1. The Morgan fingerprint density at radius 1 is 1.71 bits per heavy atom. The number of nitrogens with two attached hydrogens (primary N) is 1. The molecule has 0 saturated heterocycles. The van der Waals surface area contributed by atoms with Gasteiger partial charge in [-0.3, -0.25) is 0 Å². The molecule has 0 bridgehead atoms. The minimum atomic E-state index is 0.324. The number of nitrogens with zero attached hydrogens (tertiary/aromatic N) is 1. The molecule has 0 radical (unpaired) electrons. The van der Waals surface area contributed by atoms with E-state index in [-0.39, 0.29) is 0 Å². The maximum absolute atomic E-state index is 5.46. The Labute approximate surface area is 88.3 Å². The molecule has 0 fully saturated rings. The second-order valence-electron chi connectivity index (χ2n) is 2.46. The van der Waals surface area contributed by atoms with Crippen LogP contribution in [0.25, 0.3) is 0 Å². The van der Waals surface area contributed by atoms with Crippen molar-refractivity contribution in [2.24, 2.45) is 5.73 Å². The van der Waals surface area contributed by atoms with Gasteiger partial charge in [0, 0.05) is 17.8 Å². The summed E-state index contributed by atoms with van der Waals surface area (Å²) in [4.78, 5) is 4.32. The zero-order chi connectivity index (χ0) is 10.4. The molecule has 1 heterocycles. The van der Waals surface area contributed by atoms with E-state index in [2.05, 4.69) is 16.8 Å². The summed E-state index contributed by atoms with van der Waals surface area (Å²) >= 11 is 4.82. The standard InChI is InChI=1S/C10H10N2OS/c1-2-3-6-13-9-7-8(10(11)14)4-5-12-9/h4-5,7H,6H2,1H3,(H2,11,14). The first-order chi connectivity index (χ1) is 6.74. The molecule has 3 nitrogen and oxygen atoms in total. The first-order valence-electron chi connectivity index (χ1n) is 4.02. The zero-order valence-electron chi connectivity index (χ0n) is 7.78. The van der Waals surface area contributed by atoms with Gasteiger partial charge in [-0.1, -0.05) is 18.1 Å². The topological polar surface area (TPSA) is 48.1 Å². The molecular weight excluding hydrogens is 196 g/mol. The van der Waals surface area contributed by atoms with Crippen molar-refractivity contribution in [3.8, 4) is 17.7 Å². The molecule has 4 heteroatoms. The van der Waals surface area contributed by atoms with Crippen molar-refractivity contribution in [2.75, 3.05) is 6.61 Å². The van der Waals surface area contributed by atoms with Crippen molar-refractivity contribution in [2.45, 2.75) is 6.92 Å². The van der Waals surface area contributed by atoms with Crippen LogP contribution in [-0.4, -0.2) is 16.6 Å². The van der Waals surface area contributed by atoms with Crippen LogP contribution in [-0.2, 0) is 0 Å². The van der Waals surface area contributed by atoms with Gasteiger partial charge in [-0.2, -0.15) is 0 Å². The smallest absolute Gasteiger partial charge is 0.214 e. The van der Waals surface area contributed by atoms with E-state index in [1.165, 1.54) is 0 Å². The number of rotatable bonds is 3. The lowest BCUT2D eigenvalue weighted by Crippen LogP contribution is -2.09. The van der Waals surface area contributed by atoms with E-state index in [1.807, 2.05) is 0 Å². The Morgan fingerprint density at radius 2 is 2.50 bits per heavy atom. The SMILES string of the molecule is CC#CCOc1cc(C(N)=S)ccn1. The maximum Gasteiger partial charge on any atom is 0.214 e. The molecule has 72 valence electrons. The largest absolute Gasteiger partial charge is 0.464 e. The molecule has 0 aliphatic heterocycles. The summed E-state index contributed by atoms with van der Waals surface area (Å²) in [6.07, 6.45) is 1.60. The summed E-state index contributed by atoms with van der Waals surface area (Å²) in [6.45, 7) is 2.08. The molecule has 0 unspecified atom stereocenters. The fourth-order valence-corrected chi connectivity index (χ4v) is 0.951. The monoisotopic (exact) mass is 206 g/mol. The van der Waals surface area contributed by atoms with Gasteiger partial charge in [0.1, 0.15) is 4.99 Å². The zero-order valence-corrected chi connectivity index (χ0v) is 8.60. The highest BCUT2D eigenvalue weighted by Crippen LogP contribution is 2.08. The molecule has 0 amide bonds. The first kappa shape index (κ1) is 10.5. The van der Waals surface area contributed by atoms with Crippen LogP contribution < -0.4 is 10.5 Å². The van der Waals surface area contributed by atoms with E-state index in [4.69, 9.17) is 22.7 Å². The van der Waals surface area contributed by atoms with Crippen molar-refractivity contribution >= 4 is 17.2 Å². The minimum Gasteiger partial charge on any atom is -0.464 e. The number of hydrogen-bond donors (Lipinski definition) is 1. The van der Waals surface area contributed by atoms with Crippen molar-refractivity contribution in [3.63, 3.8) is 0 Å².